The Labute approximate surface area is 237 Å². The first-order valence-corrected chi connectivity index (χ1v) is 15.2. The van der Waals surface area contributed by atoms with Crippen molar-refractivity contribution in [2.24, 2.45) is 5.10 Å². The topological polar surface area (TPSA) is 89.5 Å². The zero-order valence-electron chi connectivity index (χ0n) is 23.0. The van der Waals surface area contributed by atoms with Gasteiger partial charge in [0.25, 0.3) is 0 Å². The maximum absolute atomic E-state index is 13.5. The van der Waals surface area contributed by atoms with Crippen LogP contribution in [-0.4, -0.2) is 58.8 Å². The number of fused-ring (bicyclic) bond motifs is 1. The summed E-state index contributed by atoms with van der Waals surface area (Å²) in [6.07, 6.45) is 5.09. The van der Waals surface area contributed by atoms with Crippen LogP contribution in [0.4, 0.5) is 0 Å². The van der Waals surface area contributed by atoms with Crippen LogP contribution in [0.3, 0.4) is 0 Å². The summed E-state index contributed by atoms with van der Waals surface area (Å²) in [5, 5.41) is 6.99. The number of hydrazone groups is 1. The smallest absolute Gasteiger partial charge is 0.240 e. The van der Waals surface area contributed by atoms with Crippen molar-refractivity contribution < 1.29 is 22.6 Å². The molecule has 3 aromatic rings. The Hall–Kier alpha value is -3.40. The lowest BCUT2D eigenvalue weighted by atomic mass is 9.90. The lowest BCUT2D eigenvalue weighted by Gasteiger charge is -2.25. The van der Waals surface area contributed by atoms with Gasteiger partial charge in [0.05, 0.1) is 17.5 Å². The van der Waals surface area contributed by atoms with Crippen molar-refractivity contribution in [1.82, 2.24) is 9.73 Å². The third-order valence-corrected chi connectivity index (χ3v) is 8.98. The third kappa shape index (κ3) is 7.02. The summed E-state index contributed by atoms with van der Waals surface area (Å²) in [4.78, 5) is 0.254. The summed E-state index contributed by atoms with van der Waals surface area (Å²) >= 11 is 0. The summed E-state index contributed by atoms with van der Waals surface area (Å²) < 4.78 is 46.6. The summed E-state index contributed by atoms with van der Waals surface area (Å²) in [7, 11) is -2.03. The fourth-order valence-corrected chi connectivity index (χ4v) is 6.56. The number of sulfonamides is 1. The molecule has 212 valence electrons. The second-order valence-corrected chi connectivity index (χ2v) is 12.2. The molecule has 1 saturated heterocycles. The van der Waals surface area contributed by atoms with E-state index in [1.54, 1.807) is 19.2 Å². The van der Waals surface area contributed by atoms with Gasteiger partial charge in [-0.05, 0) is 68.0 Å². The van der Waals surface area contributed by atoms with E-state index in [1.165, 1.54) is 0 Å². The van der Waals surface area contributed by atoms with E-state index in [2.05, 4.69) is 9.73 Å². The second kappa shape index (κ2) is 12.8. The zero-order chi connectivity index (χ0) is 28.0. The molecule has 0 aromatic heterocycles. The van der Waals surface area contributed by atoms with Gasteiger partial charge in [-0.15, -0.1) is 0 Å². The third-order valence-electron chi connectivity index (χ3n) is 7.44. The summed E-state index contributed by atoms with van der Waals surface area (Å²) in [6, 6.07) is 22.6. The number of hydrogen-bond acceptors (Lipinski definition) is 7. The highest BCUT2D eigenvalue weighted by molar-refractivity contribution is 7.89. The van der Waals surface area contributed by atoms with Gasteiger partial charge in [-0.1, -0.05) is 54.1 Å². The van der Waals surface area contributed by atoms with Crippen molar-refractivity contribution in [3.8, 4) is 11.5 Å². The van der Waals surface area contributed by atoms with Crippen molar-refractivity contribution in [2.45, 2.75) is 55.5 Å². The molecule has 0 amide bonds. The molecule has 3 aromatic carbocycles. The highest BCUT2D eigenvalue weighted by Gasteiger charge is 2.27. The largest absolute Gasteiger partial charge is 0.454 e. The predicted octanol–water partition coefficient (Wildman–Crippen LogP) is 4.88. The molecular formula is C31H37N3O5S. The molecule has 9 heteroatoms. The van der Waals surface area contributed by atoms with E-state index in [0.717, 1.165) is 36.1 Å². The molecule has 0 unspecified atom stereocenters. The van der Waals surface area contributed by atoms with Crippen LogP contribution in [0.25, 0.3) is 0 Å². The summed E-state index contributed by atoms with van der Waals surface area (Å²) in [5.74, 6) is 1.22. The number of ether oxygens (including phenoxy) is 3. The molecule has 2 aliphatic heterocycles. The molecule has 1 fully saturated rings. The Morgan fingerprint density at radius 3 is 2.62 bits per heavy atom. The maximum Gasteiger partial charge on any atom is 0.240 e. The number of nitrogens with zero attached hydrogens (tertiary/aromatic N) is 2. The van der Waals surface area contributed by atoms with Crippen LogP contribution in [0.1, 0.15) is 41.9 Å². The minimum Gasteiger partial charge on any atom is -0.454 e. The summed E-state index contributed by atoms with van der Waals surface area (Å²) in [5.41, 5.74) is 3.05. The molecule has 0 aliphatic carbocycles. The monoisotopic (exact) mass is 563 g/mol. The van der Waals surface area contributed by atoms with Crippen LogP contribution in [0.15, 0.2) is 82.8 Å². The van der Waals surface area contributed by atoms with Crippen LogP contribution in [-0.2, 0) is 21.2 Å². The maximum atomic E-state index is 13.5. The molecule has 5 rings (SSSR count). The quantitative estimate of drug-likeness (QED) is 0.316. The number of nitrogens with one attached hydrogen (secondary N) is 1. The van der Waals surface area contributed by atoms with Gasteiger partial charge in [-0.25, -0.2) is 13.1 Å². The van der Waals surface area contributed by atoms with Gasteiger partial charge in [-0.2, -0.15) is 5.10 Å². The predicted molar refractivity (Wildman–Crippen MR) is 155 cm³/mol. The number of aryl methyl sites for hydroxylation is 1. The number of rotatable bonds is 12. The van der Waals surface area contributed by atoms with Crippen molar-refractivity contribution >= 4 is 16.2 Å². The van der Waals surface area contributed by atoms with Crippen LogP contribution in [0.5, 0.6) is 11.5 Å². The average molecular weight is 564 g/mol. The molecule has 3 atom stereocenters. The average Bonchev–Trinajstić information content (AvgIpc) is 3.60. The van der Waals surface area contributed by atoms with Crippen LogP contribution in [0.2, 0.25) is 0 Å². The minimum atomic E-state index is -3.75. The molecule has 0 spiro atoms. The first-order chi connectivity index (χ1) is 19.4. The van der Waals surface area contributed by atoms with Crippen molar-refractivity contribution in [3.63, 3.8) is 0 Å². The Morgan fingerprint density at radius 2 is 1.85 bits per heavy atom. The van der Waals surface area contributed by atoms with E-state index in [4.69, 9.17) is 19.3 Å². The molecule has 0 saturated carbocycles. The fraction of sp³-hybridized carbons (Fsp3) is 0.387. The van der Waals surface area contributed by atoms with Gasteiger partial charge in [0.2, 0.25) is 16.8 Å². The minimum absolute atomic E-state index is 0.173. The van der Waals surface area contributed by atoms with Crippen molar-refractivity contribution in [3.05, 3.63) is 89.5 Å². The fourth-order valence-electron chi connectivity index (χ4n) is 5.31. The van der Waals surface area contributed by atoms with Crippen LogP contribution in [0, 0.1) is 6.92 Å². The Morgan fingerprint density at radius 1 is 1.07 bits per heavy atom. The van der Waals surface area contributed by atoms with E-state index >= 15 is 0 Å². The van der Waals surface area contributed by atoms with Gasteiger partial charge < -0.3 is 14.2 Å². The summed E-state index contributed by atoms with van der Waals surface area (Å²) in [6.45, 7) is 3.62. The van der Waals surface area contributed by atoms with E-state index in [0.29, 0.717) is 30.9 Å². The van der Waals surface area contributed by atoms with Gasteiger partial charge >= 0.3 is 0 Å². The first-order valence-electron chi connectivity index (χ1n) is 13.7. The highest BCUT2D eigenvalue weighted by Crippen LogP contribution is 2.36. The lowest BCUT2D eigenvalue weighted by Crippen LogP contribution is -2.38. The second-order valence-electron chi connectivity index (χ2n) is 10.5. The SMILES string of the molecule is COC[C@H]1CCCN1/N=C/[C@H](C[C@H](Cc1ccccc1)NS(=O)(=O)c1ccc(C)cc1)c1ccc2c(c1)OCO2. The van der Waals surface area contributed by atoms with Gasteiger partial charge in [-0.3, -0.25) is 5.01 Å². The molecule has 0 bridgehead atoms. The Bertz CT molecular complexity index is 1400. The van der Waals surface area contributed by atoms with Gasteiger partial charge in [0.1, 0.15) is 0 Å². The normalized spacial score (nSPS) is 18.4. The zero-order valence-corrected chi connectivity index (χ0v) is 23.8. The number of methoxy groups -OCH3 is 1. The Balaban J connectivity index is 1.45. The first kappa shape index (κ1) is 28.1. The molecular weight excluding hydrogens is 526 g/mol. The van der Waals surface area contributed by atoms with E-state index < -0.39 is 10.0 Å². The standard InChI is InChI=1S/C31H37N3O5S/c1-23-10-13-29(14-11-23)40(35,36)33-27(17-24-7-4-3-5-8-24)18-26(20-32-34-16-6-9-28(34)21-37-2)25-12-15-30-31(19-25)39-22-38-30/h3-5,7-8,10-15,19-20,26-28,33H,6,9,16-18,21-22H2,1-2H3/b32-20+/t26-,27-,28+/m0/s1. The molecule has 8 nitrogen and oxygen atoms in total. The van der Waals surface area contributed by atoms with Crippen molar-refractivity contribution in [1.29, 1.82) is 0 Å². The van der Waals surface area contributed by atoms with E-state index in [9.17, 15) is 8.42 Å². The number of benzene rings is 3. The highest BCUT2D eigenvalue weighted by atomic mass is 32.2. The molecule has 1 N–H and O–H groups in total. The van der Waals surface area contributed by atoms with Gasteiger partial charge in [0, 0.05) is 31.8 Å². The molecule has 40 heavy (non-hydrogen) atoms. The molecule has 2 heterocycles. The van der Waals surface area contributed by atoms with E-state index in [-0.39, 0.29) is 29.7 Å². The number of hydrogen-bond donors (Lipinski definition) is 1. The molecule has 0 radical (unpaired) electrons. The Kier molecular flexibility index (Phi) is 9.04. The van der Waals surface area contributed by atoms with Crippen molar-refractivity contribution in [2.75, 3.05) is 27.1 Å². The lowest BCUT2D eigenvalue weighted by molar-refractivity contribution is 0.118. The molecule has 2 aliphatic rings. The van der Waals surface area contributed by atoms with Crippen LogP contribution < -0.4 is 14.2 Å². The van der Waals surface area contributed by atoms with Gasteiger partial charge in [0.15, 0.2) is 11.5 Å². The van der Waals surface area contributed by atoms with Crippen LogP contribution >= 0.6 is 0 Å². The van der Waals surface area contributed by atoms with E-state index in [1.807, 2.05) is 73.8 Å².